The summed E-state index contributed by atoms with van der Waals surface area (Å²) >= 11 is 0. The minimum Gasteiger partial charge on any atom is -0.496 e. The van der Waals surface area contributed by atoms with Crippen LogP contribution in [0.2, 0.25) is 0 Å². The molecular weight excluding hydrogens is 360 g/mol. The molecule has 0 saturated carbocycles. The average molecular weight is 399 g/mol. The van der Waals surface area contributed by atoms with Crippen molar-refractivity contribution in [2.45, 2.75) is 71.6 Å². The van der Waals surface area contributed by atoms with Crippen LogP contribution in [0, 0.1) is 0 Å². The largest absolute Gasteiger partial charge is 0.496 e. The summed E-state index contributed by atoms with van der Waals surface area (Å²) in [6.45, 7) is 6.59. The van der Waals surface area contributed by atoms with Crippen LogP contribution in [0.3, 0.4) is 0 Å². The van der Waals surface area contributed by atoms with E-state index in [4.69, 9.17) is 14.2 Å². The Morgan fingerprint density at radius 3 is 2.28 bits per heavy atom. The molecule has 0 bridgehead atoms. The second-order valence-corrected chi connectivity index (χ2v) is 8.20. The molecule has 29 heavy (non-hydrogen) atoms. The van der Waals surface area contributed by atoms with E-state index in [1.807, 2.05) is 6.07 Å². The van der Waals surface area contributed by atoms with Crippen LogP contribution in [0.1, 0.15) is 77.2 Å². The maximum Gasteiger partial charge on any atom is 0.164 e. The molecule has 0 fully saturated rings. The van der Waals surface area contributed by atoms with Crippen molar-refractivity contribution in [1.82, 2.24) is 0 Å². The van der Waals surface area contributed by atoms with E-state index in [9.17, 15) is 0 Å². The predicted octanol–water partition coefficient (Wildman–Crippen LogP) is 7.38. The topological polar surface area (TPSA) is 27.7 Å². The van der Waals surface area contributed by atoms with Crippen molar-refractivity contribution in [2.75, 3.05) is 21.3 Å². The van der Waals surface area contributed by atoms with Gasteiger partial charge in [0.2, 0.25) is 0 Å². The van der Waals surface area contributed by atoms with Crippen LogP contribution in [0.5, 0.6) is 17.2 Å². The number of rotatable bonds is 10. The number of methoxy groups -OCH3 is 3. The minimum atomic E-state index is 0.465. The first kappa shape index (κ1) is 23.1. The molecule has 0 radical (unpaired) electrons. The van der Waals surface area contributed by atoms with Gasteiger partial charge in [-0.2, -0.15) is 0 Å². The normalized spacial score (nSPS) is 16.8. The Morgan fingerprint density at radius 1 is 0.931 bits per heavy atom. The molecule has 1 atom stereocenters. The lowest BCUT2D eigenvalue weighted by Gasteiger charge is -2.25. The van der Waals surface area contributed by atoms with Crippen molar-refractivity contribution >= 4 is 0 Å². The van der Waals surface area contributed by atoms with Gasteiger partial charge < -0.3 is 14.2 Å². The third kappa shape index (κ3) is 6.99. The third-order valence-electron chi connectivity index (χ3n) is 5.68. The zero-order valence-electron chi connectivity index (χ0n) is 19.1. The number of allylic oxidation sites excluding steroid dienone is 6. The highest BCUT2D eigenvalue weighted by Gasteiger charge is 2.23. The summed E-state index contributed by atoms with van der Waals surface area (Å²) < 4.78 is 16.6. The summed E-state index contributed by atoms with van der Waals surface area (Å²) in [6.07, 6.45) is 15.1. The Kier molecular flexibility index (Phi) is 9.37. The molecule has 1 aliphatic rings. The van der Waals surface area contributed by atoms with Crippen LogP contribution < -0.4 is 14.2 Å². The third-order valence-corrected chi connectivity index (χ3v) is 5.68. The average Bonchev–Trinajstić information content (AvgIpc) is 2.72. The monoisotopic (exact) mass is 398 g/mol. The maximum atomic E-state index is 5.67. The molecule has 1 aliphatic carbocycles. The summed E-state index contributed by atoms with van der Waals surface area (Å²) in [5, 5.41) is 0. The van der Waals surface area contributed by atoms with E-state index in [2.05, 4.69) is 45.1 Å². The number of hydrogen-bond donors (Lipinski definition) is 0. The van der Waals surface area contributed by atoms with Crippen LogP contribution >= 0.6 is 0 Å². The van der Waals surface area contributed by atoms with Crippen LogP contribution in [-0.2, 0) is 0 Å². The lowest BCUT2D eigenvalue weighted by atomic mass is 9.82. The molecule has 2 rings (SSSR count). The SMILES string of the molecule is COc1cc(OC)c([C@@H]2CCC=C(CC/C=C(\C)CCC=C(C)C)C2)cc1OC. The van der Waals surface area contributed by atoms with E-state index >= 15 is 0 Å². The standard InChI is InChI=1S/C26H38O3/c1-19(2)10-7-11-20(3)12-8-13-21-14-9-15-22(16-21)23-17-25(28-5)26(29-6)18-24(23)27-4/h10,12,14,17-18,22H,7-9,11,13,15-16H2,1-6H3/b20-12+/t22-/m1/s1. The highest BCUT2D eigenvalue weighted by Crippen LogP contribution is 2.43. The second kappa shape index (κ2) is 11.7. The van der Waals surface area contributed by atoms with Gasteiger partial charge in [0.25, 0.3) is 0 Å². The molecular formula is C26H38O3. The smallest absolute Gasteiger partial charge is 0.164 e. The molecule has 1 aromatic carbocycles. The minimum absolute atomic E-state index is 0.465. The van der Waals surface area contributed by atoms with Crippen molar-refractivity contribution in [3.8, 4) is 17.2 Å². The van der Waals surface area contributed by atoms with E-state index in [-0.39, 0.29) is 0 Å². The maximum absolute atomic E-state index is 5.67. The zero-order valence-corrected chi connectivity index (χ0v) is 19.1. The molecule has 0 heterocycles. The molecule has 160 valence electrons. The van der Waals surface area contributed by atoms with Crippen molar-refractivity contribution in [3.05, 3.63) is 52.6 Å². The van der Waals surface area contributed by atoms with Crippen LogP contribution in [0.15, 0.2) is 47.1 Å². The van der Waals surface area contributed by atoms with Gasteiger partial charge in [0.15, 0.2) is 11.5 Å². The Bertz CT molecular complexity index is 751. The van der Waals surface area contributed by atoms with E-state index in [1.165, 1.54) is 16.7 Å². The first-order valence-corrected chi connectivity index (χ1v) is 10.7. The van der Waals surface area contributed by atoms with Gasteiger partial charge in [-0.3, -0.25) is 0 Å². The quantitative estimate of drug-likeness (QED) is 0.385. The summed E-state index contributed by atoms with van der Waals surface area (Å²) in [7, 11) is 5.08. The second-order valence-electron chi connectivity index (χ2n) is 8.20. The molecule has 0 N–H and O–H groups in total. The Morgan fingerprint density at radius 2 is 1.62 bits per heavy atom. The molecule has 3 nitrogen and oxygen atoms in total. The number of hydrogen-bond acceptors (Lipinski definition) is 3. The van der Waals surface area contributed by atoms with Crippen molar-refractivity contribution in [1.29, 1.82) is 0 Å². The first-order valence-electron chi connectivity index (χ1n) is 10.7. The van der Waals surface area contributed by atoms with Gasteiger partial charge in [0.1, 0.15) is 5.75 Å². The van der Waals surface area contributed by atoms with Crippen LogP contribution in [0.4, 0.5) is 0 Å². The lowest BCUT2D eigenvalue weighted by Crippen LogP contribution is -2.08. The predicted molar refractivity (Wildman–Crippen MR) is 122 cm³/mol. The lowest BCUT2D eigenvalue weighted by molar-refractivity contribution is 0.345. The molecule has 0 saturated heterocycles. The molecule has 3 heteroatoms. The van der Waals surface area contributed by atoms with Gasteiger partial charge in [-0.15, -0.1) is 0 Å². The van der Waals surface area contributed by atoms with Gasteiger partial charge in [-0.05, 0) is 77.7 Å². The van der Waals surface area contributed by atoms with Crippen molar-refractivity contribution < 1.29 is 14.2 Å². The van der Waals surface area contributed by atoms with Gasteiger partial charge in [-0.1, -0.05) is 34.9 Å². The Balaban J connectivity index is 2.00. The summed E-state index contributed by atoms with van der Waals surface area (Å²) in [5.41, 5.74) is 5.69. The molecule has 0 aromatic heterocycles. The molecule has 0 unspecified atom stereocenters. The van der Waals surface area contributed by atoms with Crippen molar-refractivity contribution in [3.63, 3.8) is 0 Å². The molecule has 0 amide bonds. The Labute approximate surface area is 177 Å². The first-order chi connectivity index (χ1) is 14.0. The van der Waals surface area contributed by atoms with E-state index in [0.717, 1.165) is 56.4 Å². The summed E-state index contributed by atoms with van der Waals surface area (Å²) in [5.74, 6) is 2.85. The fourth-order valence-electron chi connectivity index (χ4n) is 4.03. The van der Waals surface area contributed by atoms with Gasteiger partial charge >= 0.3 is 0 Å². The van der Waals surface area contributed by atoms with E-state index in [0.29, 0.717) is 11.7 Å². The highest BCUT2D eigenvalue weighted by molar-refractivity contribution is 5.52. The zero-order chi connectivity index (χ0) is 21.2. The van der Waals surface area contributed by atoms with Crippen molar-refractivity contribution in [2.24, 2.45) is 0 Å². The number of benzene rings is 1. The molecule has 0 aliphatic heterocycles. The highest BCUT2D eigenvalue weighted by atomic mass is 16.5. The molecule has 0 spiro atoms. The van der Waals surface area contributed by atoms with Gasteiger partial charge in [0, 0.05) is 11.6 Å². The Hall–Kier alpha value is -2.16. The van der Waals surface area contributed by atoms with Gasteiger partial charge in [-0.25, -0.2) is 0 Å². The van der Waals surface area contributed by atoms with E-state index in [1.54, 1.807) is 26.9 Å². The fraction of sp³-hybridized carbons (Fsp3) is 0.538. The van der Waals surface area contributed by atoms with E-state index < -0.39 is 0 Å². The molecule has 1 aromatic rings. The van der Waals surface area contributed by atoms with Crippen LogP contribution in [0.25, 0.3) is 0 Å². The van der Waals surface area contributed by atoms with Gasteiger partial charge in [0.05, 0.1) is 21.3 Å². The fourth-order valence-corrected chi connectivity index (χ4v) is 4.03. The summed E-state index contributed by atoms with van der Waals surface area (Å²) in [6, 6.07) is 4.04. The number of ether oxygens (including phenoxy) is 3. The summed E-state index contributed by atoms with van der Waals surface area (Å²) in [4.78, 5) is 0. The van der Waals surface area contributed by atoms with Crippen LogP contribution in [-0.4, -0.2) is 21.3 Å².